The van der Waals surface area contributed by atoms with Gasteiger partial charge in [-0.3, -0.25) is 0 Å². The minimum absolute atomic E-state index is 0.777. The molecule has 0 atom stereocenters. The molecule has 0 aliphatic rings. The maximum atomic E-state index is 4.16. The van der Waals surface area contributed by atoms with E-state index in [1.807, 2.05) is 30.3 Å². The Balaban J connectivity index is 2.65. The van der Waals surface area contributed by atoms with E-state index in [0.717, 1.165) is 16.7 Å². The van der Waals surface area contributed by atoms with Crippen molar-refractivity contribution < 1.29 is 0 Å². The van der Waals surface area contributed by atoms with Crippen LogP contribution in [0.25, 0.3) is 16.7 Å². The van der Waals surface area contributed by atoms with Crippen LogP contribution in [0, 0.1) is 0 Å². The summed E-state index contributed by atoms with van der Waals surface area (Å²) >= 11 is 0. The van der Waals surface area contributed by atoms with Gasteiger partial charge in [-0.15, -0.1) is 10.2 Å². The highest BCUT2D eigenvalue weighted by molar-refractivity contribution is 5.75. The third-order valence-corrected chi connectivity index (χ3v) is 1.99. The fourth-order valence-corrected chi connectivity index (χ4v) is 1.39. The summed E-state index contributed by atoms with van der Waals surface area (Å²) in [4.78, 5) is 0. The van der Waals surface area contributed by atoms with Gasteiger partial charge in [-0.05, 0) is 12.1 Å². The van der Waals surface area contributed by atoms with Gasteiger partial charge in [-0.25, -0.2) is 4.52 Å². The van der Waals surface area contributed by atoms with Crippen molar-refractivity contribution in [2.75, 3.05) is 0 Å². The first-order valence-corrected chi connectivity index (χ1v) is 4.00. The summed E-state index contributed by atoms with van der Waals surface area (Å²) in [5.41, 5.74) is 2.62. The lowest BCUT2D eigenvalue weighted by molar-refractivity contribution is 0.943. The molecule has 3 aromatic rings. The standard InChI is InChI=1S/C9H6N4/c1-2-4-8-7(3-1)11-12-9-5-6-10-13(8)9/h1-6H. The lowest BCUT2D eigenvalue weighted by Gasteiger charge is -1.97. The molecule has 0 saturated heterocycles. The van der Waals surface area contributed by atoms with E-state index in [0.29, 0.717) is 0 Å². The molecule has 2 aromatic heterocycles. The number of benzene rings is 1. The molecular weight excluding hydrogens is 164 g/mol. The lowest BCUT2D eigenvalue weighted by atomic mass is 10.3. The fraction of sp³-hybridized carbons (Fsp3) is 0. The predicted molar refractivity (Wildman–Crippen MR) is 48.3 cm³/mol. The summed E-state index contributed by atoms with van der Waals surface area (Å²) in [7, 11) is 0. The number of rotatable bonds is 0. The zero-order valence-corrected chi connectivity index (χ0v) is 6.75. The van der Waals surface area contributed by atoms with Gasteiger partial charge in [-0.1, -0.05) is 12.1 Å². The van der Waals surface area contributed by atoms with Crippen LogP contribution in [0.15, 0.2) is 36.5 Å². The molecule has 4 heteroatoms. The van der Waals surface area contributed by atoms with Crippen LogP contribution >= 0.6 is 0 Å². The van der Waals surface area contributed by atoms with Gasteiger partial charge in [0, 0.05) is 6.07 Å². The van der Waals surface area contributed by atoms with Crippen molar-refractivity contribution in [2.45, 2.75) is 0 Å². The van der Waals surface area contributed by atoms with Gasteiger partial charge in [0.05, 0.1) is 11.7 Å². The van der Waals surface area contributed by atoms with E-state index in [4.69, 9.17) is 0 Å². The quantitative estimate of drug-likeness (QED) is 0.510. The second kappa shape index (κ2) is 2.26. The summed E-state index contributed by atoms with van der Waals surface area (Å²) in [6.07, 6.45) is 1.72. The van der Waals surface area contributed by atoms with Crippen molar-refractivity contribution in [3.05, 3.63) is 36.5 Å². The number of hydrogen-bond donors (Lipinski definition) is 0. The first kappa shape index (κ1) is 6.54. The molecule has 0 fully saturated rings. The number of fused-ring (bicyclic) bond motifs is 3. The molecule has 0 bridgehead atoms. The Morgan fingerprint density at radius 3 is 2.92 bits per heavy atom. The molecule has 1 aromatic carbocycles. The van der Waals surface area contributed by atoms with Crippen LogP contribution in [-0.2, 0) is 0 Å². The van der Waals surface area contributed by atoms with Crippen molar-refractivity contribution in [2.24, 2.45) is 0 Å². The molecule has 0 radical (unpaired) electrons. The predicted octanol–water partition coefficient (Wildman–Crippen LogP) is 1.28. The lowest BCUT2D eigenvalue weighted by Crippen LogP contribution is -1.94. The van der Waals surface area contributed by atoms with E-state index < -0.39 is 0 Å². The minimum Gasteiger partial charge on any atom is -0.211 e. The topological polar surface area (TPSA) is 43.1 Å². The first-order chi connectivity index (χ1) is 6.45. The Bertz CT molecular complexity index is 570. The van der Waals surface area contributed by atoms with Crippen LogP contribution < -0.4 is 0 Å². The highest BCUT2D eigenvalue weighted by Gasteiger charge is 2.00. The van der Waals surface area contributed by atoms with E-state index in [9.17, 15) is 0 Å². The molecule has 13 heavy (non-hydrogen) atoms. The van der Waals surface area contributed by atoms with Crippen molar-refractivity contribution in [1.29, 1.82) is 0 Å². The second-order valence-electron chi connectivity index (χ2n) is 2.79. The van der Waals surface area contributed by atoms with E-state index in [1.165, 1.54) is 0 Å². The summed E-state index contributed by atoms with van der Waals surface area (Å²) in [5, 5.41) is 12.3. The van der Waals surface area contributed by atoms with E-state index in [-0.39, 0.29) is 0 Å². The van der Waals surface area contributed by atoms with Crippen molar-refractivity contribution in [3.63, 3.8) is 0 Å². The summed E-state index contributed by atoms with van der Waals surface area (Å²) in [6.45, 7) is 0. The molecule has 0 unspecified atom stereocenters. The largest absolute Gasteiger partial charge is 0.211 e. The van der Waals surface area contributed by atoms with Gasteiger partial charge in [-0.2, -0.15) is 5.10 Å². The maximum absolute atomic E-state index is 4.16. The van der Waals surface area contributed by atoms with Crippen molar-refractivity contribution in [1.82, 2.24) is 19.8 Å². The van der Waals surface area contributed by atoms with Gasteiger partial charge in [0.2, 0.25) is 0 Å². The minimum atomic E-state index is 0.777. The highest BCUT2D eigenvalue weighted by atomic mass is 15.3. The number of nitrogens with zero attached hydrogens (tertiary/aromatic N) is 4. The maximum Gasteiger partial charge on any atom is 0.177 e. The van der Waals surface area contributed by atoms with Crippen LogP contribution in [-0.4, -0.2) is 19.8 Å². The summed E-state index contributed by atoms with van der Waals surface area (Å²) in [5.74, 6) is 0. The third kappa shape index (κ3) is 0.823. The number of hydrogen-bond acceptors (Lipinski definition) is 3. The smallest absolute Gasteiger partial charge is 0.177 e. The Labute approximate surface area is 73.8 Å². The fourth-order valence-electron chi connectivity index (χ4n) is 1.39. The van der Waals surface area contributed by atoms with Gasteiger partial charge in [0.15, 0.2) is 5.65 Å². The van der Waals surface area contributed by atoms with Crippen LogP contribution in [0.2, 0.25) is 0 Å². The highest BCUT2D eigenvalue weighted by Crippen LogP contribution is 2.10. The molecule has 0 spiro atoms. The van der Waals surface area contributed by atoms with Gasteiger partial charge in [0.1, 0.15) is 5.52 Å². The van der Waals surface area contributed by atoms with Crippen molar-refractivity contribution >= 4 is 16.7 Å². The zero-order chi connectivity index (χ0) is 8.67. The van der Waals surface area contributed by atoms with Crippen molar-refractivity contribution in [3.8, 4) is 0 Å². The Kier molecular flexibility index (Phi) is 1.14. The van der Waals surface area contributed by atoms with Crippen LogP contribution in [0.1, 0.15) is 0 Å². The zero-order valence-electron chi connectivity index (χ0n) is 6.75. The van der Waals surface area contributed by atoms with Gasteiger partial charge < -0.3 is 0 Å². The summed E-state index contributed by atoms with van der Waals surface area (Å²) in [6, 6.07) is 9.63. The molecule has 62 valence electrons. The Morgan fingerprint density at radius 1 is 1.00 bits per heavy atom. The van der Waals surface area contributed by atoms with Crippen LogP contribution in [0.3, 0.4) is 0 Å². The average molecular weight is 170 g/mol. The summed E-state index contributed by atoms with van der Waals surface area (Å²) < 4.78 is 1.78. The molecule has 0 N–H and O–H groups in total. The molecule has 0 aliphatic heterocycles. The normalized spacial score (nSPS) is 11.1. The Morgan fingerprint density at radius 2 is 1.92 bits per heavy atom. The third-order valence-electron chi connectivity index (χ3n) is 1.99. The SMILES string of the molecule is c1ccc2c(c1)nnc1ccnn12. The van der Waals surface area contributed by atoms with E-state index in [2.05, 4.69) is 15.3 Å². The second-order valence-corrected chi connectivity index (χ2v) is 2.79. The van der Waals surface area contributed by atoms with E-state index >= 15 is 0 Å². The molecule has 4 nitrogen and oxygen atoms in total. The number of para-hydroxylation sites is 1. The van der Waals surface area contributed by atoms with Crippen LogP contribution in [0.5, 0.6) is 0 Å². The van der Waals surface area contributed by atoms with Crippen LogP contribution in [0.4, 0.5) is 0 Å². The monoisotopic (exact) mass is 170 g/mol. The molecule has 0 saturated carbocycles. The van der Waals surface area contributed by atoms with Gasteiger partial charge >= 0.3 is 0 Å². The van der Waals surface area contributed by atoms with E-state index in [1.54, 1.807) is 10.7 Å². The Hall–Kier alpha value is -1.97. The number of aromatic nitrogens is 4. The average Bonchev–Trinajstić information content (AvgIpc) is 2.65. The molecule has 2 heterocycles. The molecule has 0 aliphatic carbocycles. The van der Waals surface area contributed by atoms with Gasteiger partial charge in [0.25, 0.3) is 0 Å². The molecule has 3 rings (SSSR count). The molecule has 0 amide bonds. The first-order valence-electron chi connectivity index (χ1n) is 4.00. The molecular formula is C9H6N4.